The van der Waals surface area contributed by atoms with Crippen molar-refractivity contribution in [1.82, 2.24) is 5.32 Å². The zero-order chi connectivity index (χ0) is 14.2. The number of amides is 1. The molecular weight excluding hydrogens is 234 g/mol. The van der Waals surface area contributed by atoms with Gasteiger partial charge in [-0.1, -0.05) is 26.5 Å². The number of esters is 1. The van der Waals surface area contributed by atoms with Crippen LogP contribution in [0.5, 0.6) is 0 Å². The smallest absolute Gasteiger partial charge is 0.330 e. The van der Waals surface area contributed by atoms with Gasteiger partial charge in [0.25, 0.3) is 0 Å². The fourth-order valence-electron chi connectivity index (χ4n) is 0.672. The van der Waals surface area contributed by atoms with Crippen LogP contribution < -0.4 is 5.32 Å². The molecule has 0 fully saturated rings. The third-order valence-electron chi connectivity index (χ3n) is 1.65. The van der Waals surface area contributed by atoms with Crippen LogP contribution in [0.2, 0.25) is 0 Å². The highest BCUT2D eigenvalue weighted by Crippen LogP contribution is 1.88. The van der Waals surface area contributed by atoms with Crippen LogP contribution in [0.3, 0.4) is 0 Å². The maximum Gasteiger partial charge on any atom is 0.330 e. The minimum absolute atomic E-state index is 0.205. The number of nitrogens with one attached hydrogen (secondary N) is 1. The van der Waals surface area contributed by atoms with E-state index >= 15 is 0 Å². The average Bonchev–Trinajstić information content (AvgIpc) is 2.39. The third kappa shape index (κ3) is 16.8. The molecule has 0 spiro atoms. The minimum atomic E-state index is -0.330. The van der Waals surface area contributed by atoms with Gasteiger partial charge in [0, 0.05) is 12.7 Å². The minimum Gasteiger partial charge on any atom is -0.463 e. The molecular formula is C13H23NO4. The Bertz CT molecular complexity index is 225. The summed E-state index contributed by atoms with van der Waals surface area (Å²) in [5.74, 6) is -0.535. The van der Waals surface area contributed by atoms with Crippen molar-refractivity contribution in [2.75, 3.05) is 19.9 Å². The SMILES string of the molecule is C=CC(=O)NCOCC.C=CC(=O)OCCCC. The summed E-state index contributed by atoms with van der Waals surface area (Å²) in [5.41, 5.74) is 0. The average molecular weight is 257 g/mol. The molecule has 0 aliphatic rings. The van der Waals surface area contributed by atoms with E-state index in [0.29, 0.717) is 13.2 Å². The van der Waals surface area contributed by atoms with Gasteiger partial charge in [-0.15, -0.1) is 0 Å². The Morgan fingerprint density at radius 1 is 1.22 bits per heavy atom. The predicted molar refractivity (Wildman–Crippen MR) is 70.9 cm³/mol. The molecule has 1 N–H and O–H groups in total. The lowest BCUT2D eigenvalue weighted by molar-refractivity contribution is -0.137. The fraction of sp³-hybridized carbons (Fsp3) is 0.538. The van der Waals surface area contributed by atoms with E-state index in [9.17, 15) is 9.59 Å². The lowest BCUT2D eigenvalue weighted by Crippen LogP contribution is -2.23. The Morgan fingerprint density at radius 2 is 1.89 bits per heavy atom. The highest BCUT2D eigenvalue weighted by Gasteiger charge is 1.91. The number of carbonyl (C=O) groups excluding carboxylic acids is 2. The molecule has 18 heavy (non-hydrogen) atoms. The summed E-state index contributed by atoms with van der Waals surface area (Å²) in [7, 11) is 0. The molecule has 5 heteroatoms. The lowest BCUT2D eigenvalue weighted by atomic mass is 10.4. The Hall–Kier alpha value is -1.62. The van der Waals surface area contributed by atoms with Crippen LogP contribution >= 0.6 is 0 Å². The van der Waals surface area contributed by atoms with Gasteiger partial charge in [0.1, 0.15) is 6.73 Å². The third-order valence-corrected chi connectivity index (χ3v) is 1.65. The van der Waals surface area contributed by atoms with Gasteiger partial charge >= 0.3 is 5.97 Å². The van der Waals surface area contributed by atoms with Gasteiger partial charge in [0.05, 0.1) is 6.61 Å². The first-order valence-corrected chi connectivity index (χ1v) is 5.89. The number of ether oxygens (including phenoxy) is 2. The van der Waals surface area contributed by atoms with Crippen molar-refractivity contribution in [3.8, 4) is 0 Å². The number of hydrogen-bond donors (Lipinski definition) is 1. The molecule has 0 aromatic rings. The Kier molecular flexibility index (Phi) is 16.0. The maximum atomic E-state index is 10.4. The summed E-state index contributed by atoms with van der Waals surface area (Å²) in [6.45, 7) is 11.8. The Labute approximate surface area is 109 Å². The van der Waals surface area contributed by atoms with E-state index in [2.05, 4.69) is 23.2 Å². The van der Waals surface area contributed by atoms with Crippen molar-refractivity contribution < 1.29 is 19.1 Å². The predicted octanol–water partition coefficient (Wildman–Crippen LogP) is 1.80. The summed E-state index contributed by atoms with van der Waals surface area (Å²) < 4.78 is 9.50. The van der Waals surface area contributed by atoms with E-state index in [0.717, 1.165) is 12.8 Å². The summed E-state index contributed by atoms with van der Waals surface area (Å²) in [6, 6.07) is 0. The largest absolute Gasteiger partial charge is 0.463 e. The van der Waals surface area contributed by atoms with Crippen molar-refractivity contribution in [1.29, 1.82) is 0 Å². The molecule has 0 saturated heterocycles. The summed E-state index contributed by atoms with van der Waals surface area (Å²) in [6.07, 6.45) is 4.36. The second-order valence-electron chi connectivity index (χ2n) is 3.11. The van der Waals surface area contributed by atoms with Crippen LogP contribution in [-0.4, -0.2) is 31.8 Å². The van der Waals surface area contributed by atoms with Crippen molar-refractivity contribution >= 4 is 11.9 Å². The van der Waals surface area contributed by atoms with Crippen molar-refractivity contribution in [3.05, 3.63) is 25.3 Å². The normalized spacial score (nSPS) is 8.56. The monoisotopic (exact) mass is 257 g/mol. The van der Waals surface area contributed by atoms with E-state index in [1.54, 1.807) is 0 Å². The molecule has 0 rings (SSSR count). The van der Waals surface area contributed by atoms with Crippen molar-refractivity contribution in [2.24, 2.45) is 0 Å². The number of carbonyl (C=O) groups is 2. The Morgan fingerprint density at radius 3 is 2.33 bits per heavy atom. The first-order valence-electron chi connectivity index (χ1n) is 5.89. The van der Waals surface area contributed by atoms with Gasteiger partial charge in [-0.25, -0.2) is 4.79 Å². The molecule has 0 aromatic carbocycles. The van der Waals surface area contributed by atoms with Gasteiger partial charge in [0.15, 0.2) is 0 Å². The highest BCUT2D eigenvalue weighted by atomic mass is 16.5. The zero-order valence-electron chi connectivity index (χ0n) is 11.2. The van der Waals surface area contributed by atoms with E-state index in [1.807, 2.05) is 13.8 Å². The number of rotatable bonds is 8. The van der Waals surface area contributed by atoms with Crippen LogP contribution in [-0.2, 0) is 19.1 Å². The molecule has 0 heterocycles. The quantitative estimate of drug-likeness (QED) is 0.312. The molecule has 0 atom stereocenters. The second kappa shape index (κ2) is 15.4. The van der Waals surface area contributed by atoms with Gasteiger partial charge in [-0.05, 0) is 19.4 Å². The van der Waals surface area contributed by atoms with Crippen LogP contribution in [0.25, 0.3) is 0 Å². The molecule has 0 aliphatic carbocycles. The van der Waals surface area contributed by atoms with Crippen LogP contribution in [0.1, 0.15) is 26.7 Å². The second-order valence-corrected chi connectivity index (χ2v) is 3.11. The first kappa shape index (κ1) is 18.7. The molecule has 0 aromatic heterocycles. The number of hydrogen-bond acceptors (Lipinski definition) is 4. The molecule has 0 bridgehead atoms. The lowest BCUT2D eigenvalue weighted by Gasteiger charge is -1.99. The Balaban J connectivity index is 0. The van der Waals surface area contributed by atoms with Crippen LogP contribution in [0.4, 0.5) is 0 Å². The number of unbranched alkanes of at least 4 members (excludes halogenated alkanes) is 1. The maximum absolute atomic E-state index is 10.4. The fourth-order valence-corrected chi connectivity index (χ4v) is 0.672. The van der Waals surface area contributed by atoms with Crippen molar-refractivity contribution in [2.45, 2.75) is 26.7 Å². The highest BCUT2D eigenvalue weighted by molar-refractivity contribution is 5.86. The first-order chi connectivity index (χ1) is 8.62. The van der Waals surface area contributed by atoms with E-state index < -0.39 is 0 Å². The van der Waals surface area contributed by atoms with Gasteiger partial charge in [-0.2, -0.15) is 0 Å². The van der Waals surface area contributed by atoms with E-state index in [1.165, 1.54) is 12.2 Å². The van der Waals surface area contributed by atoms with Crippen molar-refractivity contribution in [3.63, 3.8) is 0 Å². The molecule has 0 saturated carbocycles. The summed E-state index contributed by atoms with van der Waals surface area (Å²) >= 11 is 0. The molecule has 0 unspecified atom stereocenters. The molecule has 1 amide bonds. The van der Waals surface area contributed by atoms with Gasteiger partial charge in [0.2, 0.25) is 5.91 Å². The van der Waals surface area contributed by atoms with E-state index in [-0.39, 0.29) is 18.6 Å². The van der Waals surface area contributed by atoms with Gasteiger partial charge < -0.3 is 14.8 Å². The van der Waals surface area contributed by atoms with Crippen LogP contribution in [0, 0.1) is 0 Å². The molecule has 0 radical (unpaired) electrons. The van der Waals surface area contributed by atoms with E-state index in [4.69, 9.17) is 4.74 Å². The standard InChI is InChI=1S/C7H12O2.C6H11NO2/c1-3-5-6-9-7(8)4-2;1-3-6(8)7-5-9-4-2/h4H,2-3,5-6H2,1H3;3H,1,4-5H2,2H3,(H,7,8). The molecule has 5 nitrogen and oxygen atoms in total. The summed E-state index contributed by atoms with van der Waals surface area (Å²) in [4.78, 5) is 20.7. The van der Waals surface area contributed by atoms with Gasteiger partial charge in [-0.3, -0.25) is 4.79 Å². The topological polar surface area (TPSA) is 64.6 Å². The molecule has 0 aliphatic heterocycles. The zero-order valence-corrected chi connectivity index (χ0v) is 11.2. The molecule has 104 valence electrons. The van der Waals surface area contributed by atoms with Crippen LogP contribution in [0.15, 0.2) is 25.3 Å². The summed E-state index contributed by atoms with van der Waals surface area (Å²) in [5, 5.41) is 2.45.